The fourth-order valence-electron chi connectivity index (χ4n) is 3.97. The summed E-state index contributed by atoms with van der Waals surface area (Å²) in [6, 6.07) is 15.3. The second-order valence-electron chi connectivity index (χ2n) is 7.18. The molecule has 0 aliphatic carbocycles. The van der Waals surface area contributed by atoms with Gasteiger partial charge in [-0.3, -0.25) is 9.59 Å². The molecule has 6 heteroatoms. The van der Waals surface area contributed by atoms with Crippen molar-refractivity contribution >= 4 is 28.3 Å². The van der Waals surface area contributed by atoms with Crippen molar-refractivity contribution < 1.29 is 23.8 Å². The topological polar surface area (TPSA) is 65.1 Å². The molecule has 154 valence electrons. The molecule has 4 rings (SSSR count). The molecule has 1 aliphatic heterocycles. The molecule has 3 aromatic rings. The van der Waals surface area contributed by atoms with Crippen molar-refractivity contribution in [2.24, 2.45) is 0 Å². The highest BCUT2D eigenvalue weighted by Crippen LogP contribution is 2.41. The van der Waals surface area contributed by atoms with E-state index in [0.717, 1.165) is 27.6 Å². The number of hydrogen-bond acceptors (Lipinski definition) is 5. The Morgan fingerprint density at radius 2 is 1.70 bits per heavy atom. The van der Waals surface area contributed by atoms with E-state index in [0.29, 0.717) is 36.6 Å². The lowest BCUT2D eigenvalue weighted by atomic mass is 10.0. The van der Waals surface area contributed by atoms with E-state index in [4.69, 9.17) is 14.2 Å². The molecule has 6 nitrogen and oxygen atoms in total. The van der Waals surface area contributed by atoms with E-state index in [9.17, 15) is 9.59 Å². The van der Waals surface area contributed by atoms with Gasteiger partial charge in [0.15, 0.2) is 11.5 Å². The summed E-state index contributed by atoms with van der Waals surface area (Å²) in [6.07, 6.45) is 0.964. The quantitative estimate of drug-likeness (QED) is 0.460. The van der Waals surface area contributed by atoms with Crippen LogP contribution < -0.4 is 19.1 Å². The van der Waals surface area contributed by atoms with Crippen LogP contribution in [-0.2, 0) is 22.4 Å². The molecule has 1 aliphatic rings. The Bertz CT molecular complexity index is 1140. The summed E-state index contributed by atoms with van der Waals surface area (Å²) < 4.78 is 16.1. The molecule has 0 saturated heterocycles. The molecule has 1 heterocycles. The van der Waals surface area contributed by atoms with Crippen LogP contribution in [0, 0.1) is 0 Å². The van der Waals surface area contributed by atoms with Crippen molar-refractivity contribution in [3.63, 3.8) is 0 Å². The van der Waals surface area contributed by atoms with Gasteiger partial charge in [-0.15, -0.1) is 0 Å². The molecule has 0 N–H and O–H groups in total. The minimum Gasteiger partial charge on any atom is -0.493 e. The number of amides is 1. The van der Waals surface area contributed by atoms with Crippen molar-refractivity contribution in [3.8, 4) is 17.2 Å². The van der Waals surface area contributed by atoms with Gasteiger partial charge in [-0.05, 0) is 35.7 Å². The number of rotatable bonds is 6. The van der Waals surface area contributed by atoms with Gasteiger partial charge in [-0.1, -0.05) is 30.3 Å². The van der Waals surface area contributed by atoms with Crippen LogP contribution in [0.1, 0.15) is 18.1 Å². The zero-order valence-electron chi connectivity index (χ0n) is 17.2. The average molecular weight is 405 g/mol. The van der Waals surface area contributed by atoms with Gasteiger partial charge >= 0.3 is 5.97 Å². The first-order chi connectivity index (χ1) is 14.5. The van der Waals surface area contributed by atoms with Gasteiger partial charge in [-0.2, -0.15) is 0 Å². The monoisotopic (exact) mass is 405 g/mol. The lowest BCUT2D eigenvalue weighted by molar-refractivity contribution is -0.131. The SMILES string of the molecule is COc1ccc(CCN2C(=O)Cc3cc(OC(C)=O)c4ccccc4c32)cc1OC. The normalized spacial score (nSPS) is 12.8. The summed E-state index contributed by atoms with van der Waals surface area (Å²) in [6.45, 7) is 1.92. The van der Waals surface area contributed by atoms with Gasteiger partial charge in [0, 0.05) is 24.2 Å². The number of carbonyl (C=O) groups is 2. The highest BCUT2D eigenvalue weighted by atomic mass is 16.5. The van der Waals surface area contributed by atoms with E-state index in [1.807, 2.05) is 53.4 Å². The highest BCUT2D eigenvalue weighted by molar-refractivity contribution is 6.12. The van der Waals surface area contributed by atoms with Crippen molar-refractivity contribution in [2.75, 3.05) is 25.7 Å². The number of anilines is 1. The molecule has 0 unspecified atom stereocenters. The molecule has 0 radical (unpaired) electrons. The van der Waals surface area contributed by atoms with Crippen molar-refractivity contribution in [1.29, 1.82) is 0 Å². The van der Waals surface area contributed by atoms with Gasteiger partial charge in [-0.25, -0.2) is 0 Å². The van der Waals surface area contributed by atoms with Crippen LogP contribution in [0.2, 0.25) is 0 Å². The molecule has 0 saturated carbocycles. The lowest BCUT2D eigenvalue weighted by Crippen LogP contribution is -2.29. The van der Waals surface area contributed by atoms with Crippen LogP contribution >= 0.6 is 0 Å². The van der Waals surface area contributed by atoms with Gasteiger partial charge in [0.1, 0.15) is 5.75 Å². The average Bonchev–Trinajstić information content (AvgIpc) is 3.06. The fraction of sp³-hybridized carbons (Fsp3) is 0.250. The number of esters is 1. The van der Waals surface area contributed by atoms with Gasteiger partial charge in [0.25, 0.3) is 0 Å². The van der Waals surface area contributed by atoms with Crippen LogP contribution in [0.3, 0.4) is 0 Å². The smallest absolute Gasteiger partial charge is 0.308 e. The summed E-state index contributed by atoms with van der Waals surface area (Å²) >= 11 is 0. The third-order valence-electron chi connectivity index (χ3n) is 5.30. The van der Waals surface area contributed by atoms with Gasteiger partial charge in [0.05, 0.1) is 26.3 Å². The van der Waals surface area contributed by atoms with Crippen molar-refractivity contribution in [2.45, 2.75) is 19.8 Å². The maximum absolute atomic E-state index is 12.8. The van der Waals surface area contributed by atoms with Gasteiger partial charge < -0.3 is 19.1 Å². The fourth-order valence-corrected chi connectivity index (χ4v) is 3.97. The number of carbonyl (C=O) groups excluding carboxylic acids is 2. The Morgan fingerprint density at radius 1 is 0.967 bits per heavy atom. The zero-order valence-corrected chi connectivity index (χ0v) is 17.2. The highest BCUT2D eigenvalue weighted by Gasteiger charge is 2.30. The molecule has 1 amide bonds. The first kappa shape index (κ1) is 19.8. The van der Waals surface area contributed by atoms with Crippen LogP contribution in [-0.4, -0.2) is 32.6 Å². The van der Waals surface area contributed by atoms with E-state index in [1.54, 1.807) is 14.2 Å². The summed E-state index contributed by atoms with van der Waals surface area (Å²) in [5, 5.41) is 1.72. The molecule has 0 spiro atoms. The van der Waals surface area contributed by atoms with Gasteiger partial charge in [0.2, 0.25) is 5.91 Å². The minimum atomic E-state index is -0.380. The maximum Gasteiger partial charge on any atom is 0.308 e. The van der Waals surface area contributed by atoms with E-state index in [2.05, 4.69) is 0 Å². The van der Waals surface area contributed by atoms with Crippen LogP contribution in [0.25, 0.3) is 10.8 Å². The number of methoxy groups -OCH3 is 2. The summed E-state index contributed by atoms with van der Waals surface area (Å²) in [7, 11) is 3.21. The molecule has 0 aromatic heterocycles. The van der Waals surface area contributed by atoms with Crippen LogP contribution in [0.15, 0.2) is 48.5 Å². The molecule has 0 atom stereocenters. The second kappa shape index (κ2) is 8.06. The number of nitrogens with zero attached hydrogens (tertiary/aromatic N) is 1. The molecule has 0 bridgehead atoms. The Morgan fingerprint density at radius 3 is 2.40 bits per heavy atom. The van der Waals surface area contributed by atoms with Crippen molar-refractivity contribution in [3.05, 3.63) is 59.7 Å². The molecular formula is C24H23NO5. The molecule has 3 aromatic carbocycles. The van der Waals surface area contributed by atoms with Crippen LogP contribution in [0.4, 0.5) is 5.69 Å². The predicted molar refractivity (Wildman–Crippen MR) is 115 cm³/mol. The minimum absolute atomic E-state index is 0.0376. The third kappa shape index (κ3) is 3.56. The van der Waals surface area contributed by atoms with E-state index in [1.165, 1.54) is 6.92 Å². The maximum atomic E-state index is 12.8. The number of hydrogen-bond donors (Lipinski definition) is 0. The summed E-state index contributed by atoms with van der Waals surface area (Å²) in [5.41, 5.74) is 2.82. The van der Waals surface area contributed by atoms with Crippen LogP contribution in [0.5, 0.6) is 17.2 Å². The van der Waals surface area contributed by atoms with E-state index >= 15 is 0 Å². The Balaban J connectivity index is 1.67. The Hall–Kier alpha value is -3.54. The molecule has 0 fully saturated rings. The third-order valence-corrected chi connectivity index (χ3v) is 5.30. The first-order valence-electron chi connectivity index (χ1n) is 9.76. The van der Waals surface area contributed by atoms with Crippen molar-refractivity contribution in [1.82, 2.24) is 0 Å². The Labute approximate surface area is 175 Å². The molecule has 30 heavy (non-hydrogen) atoms. The predicted octanol–water partition coefficient (Wildman–Crippen LogP) is 3.91. The second-order valence-corrected chi connectivity index (χ2v) is 7.18. The first-order valence-corrected chi connectivity index (χ1v) is 9.76. The summed E-state index contributed by atoms with van der Waals surface area (Å²) in [5.74, 6) is 1.49. The largest absolute Gasteiger partial charge is 0.493 e. The Kier molecular flexibility index (Phi) is 5.31. The lowest BCUT2D eigenvalue weighted by Gasteiger charge is -2.20. The zero-order chi connectivity index (χ0) is 21.3. The molecular weight excluding hydrogens is 382 g/mol. The number of benzene rings is 3. The summed E-state index contributed by atoms with van der Waals surface area (Å²) in [4.78, 5) is 26.2. The van der Waals surface area contributed by atoms with E-state index < -0.39 is 0 Å². The van der Waals surface area contributed by atoms with E-state index in [-0.39, 0.29) is 11.9 Å². The number of fused-ring (bicyclic) bond motifs is 3. The standard InChI is InChI=1S/C24H23NO5/c1-15(26)30-21-13-17-14-23(27)25(24(17)19-7-5-4-6-18(19)21)11-10-16-8-9-20(28-2)22(12-16)29-3/h4-9,12-13H,10-11,14H2,1-3H3. The number of ether oxygens (including phenoxy) is 3.